The smallest absolute Gasteiger partial charge is 0.306 e. The highest BCUT2D eigenvalue weighted by Gasteiger charge is 2.32. The first-order chi connectivity index (χ1) is 7.41. The largest absolute Gasteiger partial charge is 0.416 e. The Morgan fingerprint density at radius 3 is 2.62 bits per heavy atom. The van der Waals surface area contributed by atoms with Crippen LogP contribution in [-0.2, 0) is 12.1 Å². The Morgan fingerprint density at radius 2 is 2.06 bits per heavy atom. The van der Waals surface area contributed by atoms with Gasteiger partial charge in [0, 0.05) is 12.4 Å². The molecule has 0 radical (unpaired) electrons. The molecular weight excluding hydrogens is 241 g/mol. The van der Waals surface area contributed by atoms with E-state index in [2.05, 4.69) is 4.98 Å². The Labute approximate surface area is 94.7 Å². The lowest BCUT2D eigenvalue weighted by Gasteiger charge is -2.09. The molecule has 0 aliphatic rings. The van der Waals surface area contributed by atoms with Crippen LogP contribution in [0, 0.1) is 6.92 Å². The molecule has 0 unspecified atom stereocenters. The summed E-state index contributed by atoms with van der Waals surface area (Å²) >= 11 is 5.57. The summed E-state index contributed by atoms with van der Waals surface area (Å²) < 4.78 is 39.4. The van der Waals surface area contributed by atoms with Crippen molar-refractivity contribution in [2.24, 2.45) is 0 Å². The van der Waals surface area contributed by atoms with E-state index in [0.717, 1.165) is 6.07 Å². The van der Waals surface area contributed by atoms with Crippen LogP contribution < -0.4 is 0 Å². The lowest BCUT2D eigenvalue weighted by molar-refractivity contribution is -0.138. The van der Waals surface area contributed by atoms with Crippen LogP contribution >= 0.6 is 11.6 Å². The predicted octanol–water partition coefficient (Wildman–Crippen LogP) is 3.40. The van der Waals surface area contributed by atoms with Gasteiger partial charge in [0.15, 0.2) is 0 Å². The van der Waals surface area contributed by atoms with Gasteiger partial charge in [-0.3, -0.25) is 0 Å². The summed E-state index contributed by atoms with van der Waals surface area (Å²) in [5, 5.41) is 0. The summed E-state index contributed by atoms with van der Waals surface area (Å²) in [5.74, 6) is 0.183. The van der Waals surface area contributed by atoms with Gasteiger partial charge in [0.05, 0.1) is 17.1 Å². The van der Waals surface area contributed by atoms with Gasteiger partial charge in [-0.05, 0) is 18.6 Å². The second kappa shape index (κ2) is 3.66. The van der Waals surface area contributed by atoms with Crippen LogP contribution in [-0.4, -0.2) is 9.38 Å². The molecule has 86 valence electrons. The van der Waals surface area contributed by atoms with Crippen molar-refractivity contribution >= 4 is 17.2 Å². The van der Waals surface area contributed by atoms with Crippen LogP contribution in [0.5, 0.6) is 0 Å². The van der Waals surface area contributed by atoms with Gasteiger partial charge in [0.2, 0.25) is 0 Å². The van der Waals surface area contributed by atoms with Gasteiger partial charge in [-0.2, -0.15) is 13.2 Å². The normalized spacial score (nSPS) is 12.3. The first-order valence-electron chi connectivity index (χ1n) is 4.53. The molecule has 16 heavy (non-hydrogen) atoms. The zero-order valence-corrected chi connectivity index (χ0v) is 9.10. The van der Waals surface area contributed by atoms with E-state index in [9.17, 15) is 13.2 Å². The van der Waals surface area contributed by atoms with E-state index in [1.54, 1.807) is 10.6 Å². The van der Waals surface area contributed by atoms with Crippen LogP contribution in [0.2, 0.25) is 0 Å². The number of rotatable bonds is 1. The highest BCUT2D eigenvalue weighted by atomic mass is 35.5. The monoisotopic (exact) mass is 248 g/mol. The zero-order chi connectivity index (χ0) is 11.9. The lowest BCUT2D eigenvalue weighted by atomic mass is 10.1. The van der Waals surface area contributed by atoms with Crippen molar-refractivity contribution in [2.45, 2.75) is 19.0 Å². The number of nitrogens with zero attached hydrogens (tertiary/aromatic N) is 2. The van der Waals surface area contributed by atoms with Crippen molar-refractivity contribution in [2.75, 3.05) is 0 Å². The molecule has 2 aromatic heterocycles. The summed E-state index contributed by atoms with van der Waals surface area (Å²) in [6, 6.07) is 1.03. The van der Waals surface area contributed by atoms with Gasteiger partial charge in [-0.1, -0.05) is 0 Å². The van der Waals surface area contributed by atoms with Crippen molar-refractivity contribution < 1.29 is 13.2 Å². The molecule has 0 fully saturated rings. The van der Waals surface area contributed by atoms with Crippen LogP contribution in [0.3, 0.4) is 0 Å². The van der Waals surface area contributed by atoms with E-state index in [1.165, 1.54) is 13.1 Å². The van der Waals surface area contributed by atoms with Crippen molar-refractivity contribution in [3.63, 3.8) is 0 Å². The van der Waals surface area contributed by atoms with Gasteiger partial charge in [0.1, 0.15) is 5.65 Å². The number of aryl methyl sites for hydroxylation is 1. The number of fused-ring (bicyclic) bond motifs is 1. The van der Waals surface area contributed by atoms with Crippen molar-refractivity contribution in [3.8, 4) is 0 Å². The van der Waals surface area contributed by atoms with Crippen LogP contribution in [0.15, 0.2) is 18.5 Å². The quantitative estimate of drug-likeness (QED) is 0.707. The Morgan fingerprint density at radius 1 is 1.38 bits per heavy atom. The molecule has 2 rings (SSSR count). The van der Waals surface area contributed by atoms with E-state index in [4.69, 9.17) is 11.6 Å². The molecule has 0 N–H and O–H groups in total. The van der Waals surface area contributed by atoms with E-state index in [1.807, 2.05) is 0 Å². The molecule has 0 spiro atoms. The maximum Gasteiger partial charge on any atom is 0.416 e. The molecular formula is C10H8ClF3N2. The van der Waals surface area contributed by atoms with Gasteiger partial charge in [-0.25, -0.2) is 4.98 Å². The molecule has 0 amide bonds. The van der Waals surface area contributed by atoms with E-state index in [-0.39, 0.29) is 17.1 Å². The summed E-state index contributed by atoms with van der Waals surface area (Å²) in [6.45, 7) is 1.42. The molecule has 0 aliphatic heterocycles. The van der Waals surface area contributed by atoms with Gasteiger partial charge in [0.25, 0.3) is 0 Å². The third kappa shape index (κ3) is 1.87. The van der Waals surface area contributed by atoms with Crippen LogP contribution in [0.1, 0.15) is 16.8 Å². The third-order valence-corrected chi connectivity index (χ3v) is 2.56. The summed E-state index contributed by atoms with van der Waals surface area (Å²) in [4.78, 5) is 3.98. The summed E-state index contributed by atoms with van der Waals surface area (Å²) in [6.07, 6.45) is -1.32. The second-order valence-corrected chi connectivity index (χ2v) is 3.77. The molecule has 2 nitrogen and oxygen atoms in total. The van der Waals surface area contributed by atoms with Crippen molar-refractivity contribution in [1.29, 1.82) is 0 Å². The number of hydrogen-bond donors (Lipinski definition) is 0. The number of aromatic nitrogens is 2. The summed E-state index contributed by atoms with van der Waals surface area (Å²) in [7, 11) is 0. The van der Waals surface area contributed by atoms with Crippen LogP contribution in [0.4, 0.5) is 13.2 Å². The molecule has 2 aromatic rings. The maximum atomic E-state index is 12.6. The van der Waals surface area contributed by atoms with Gasteiger partial charge >= 0.3 is 6.18 Å². The van der Waals surface area contributed by atoms with Gasteiger partial charge < -0.3 is 4.40 Å². The highest BCUT2D eigenvalue weighted by molar-refractivity contribution is 6.16. The van der Waals surface area contributed by atoms with E-state index >= 15 is 0 Å². The fraction of sp³-hybridized carbons (Fsp3) is 0.300. The Kier molecular flexibility index (Phi) is 2.58. The fourth-order valence-corrected chi connectivity index (χ4v) is 1.69. The lowest BCUT2D eigenvalue weighted by Crippen LogP contribution is -2.08. The molecule has 0 saturated heterocycles. The first-order valence-corrected chi connectivity index (χ1v) is 5.06. The molecule has 2 heterocycles. The first kappa shape index (κ1) is 11.3. The van der Waals surface area contributed by atoms with Crippen molar-refractivity contribution in [3.05, 3.63) is 35.3 Å². The number of halogens is 4. The average molecular weight is 249 g/mol. The zero-order valence-electron chi connectivity index (χ0n) is 8.35. The number of pyridine rings is 1. The topological polar surface area (TPSA) is 17.3 Å². The standard InChI is InChI=1S/C10H8ClF3N2/c1-6-4-16-5-7(3-11)15-9(16)2-8(6)10(12,13)14/h2,4-5H,3H2,1H3. The molecule has 0 aliphatic carbocycles. The number of hydrogen-bond acceptors (Lipinski definition) is 1. The minimum Gasteiger partial charge on any atom is -0.306 e. The Balaban J connectivity index is 2.66. The number of alkyl halides is 4. The Hall–Kier alpha value is -1.23. The highest BCUT2D eigenvalue weighted by Crippen LogP contribution is 2.32. The minimum absolute atomic E-state index is 0.165. The third-order valence-electron chi connectivity index (χ3n) is 2.28. The van der Waals surface area contributed by atoms with Gasteiger partial charge in [-0.15, -0.1) is 11.6 Å². The van der Waals surface area contributed by atoms with E-state index in [0.29, 0.717) is 5.69 Å². The van der Waals surface area contributed by atoms with Crippen molar-refractivity contribution in [1.82, 2.24) is 9.38 Å². The summed E-state index contributed by atoms with van der Waals surface area (Å²) in [5.41, 5.74) is 0.319. The fourth-order valence-electron chi connectivity index (χ4n) is 1.56. The predicted molar refractivity (Wildman–Crippen MR) is 54.5 cm³/mol. The van der Waals surface area contributed by atoms with E-state index < -0.39 is 11.7 Å². The average Bonchev–Trinajstić information content (AvgIpc) is 2.56. The van der Waals surface area contributed by atoms with Crippen LogP contribution in [0.25, 0.3) is 5.65 Å². The molecule has 6 heteroatoms. The molecule has 0 bridgehead atoms. The Bertz CT molecular complexity index is 531. The SMILES string of the molecule is Cc1cn2cc(CCl)nc2cc1C(F)(F)F. The molecule has 0 saturated carbocycles. The molecule has 0 aromatic carbocycles. The minimum atomic E-state index is -4.35. The number of imidazole rings is 1. The second-order valence-electron chi connectivity index (χ2n) is 3.50. The maximum absolute atomic E-state index is 12.6. The molecule has 0 atom stereocenters.